The highest BCUT2D eigenvalue weighted by molar-refractivity contribution is 6.39. The van der Waals surface area contributed by atoms with Gasteiger partial charge >= 0.3 is 11.8 Å². The third-order valence-corrected chi connectivity index (χ3v) is 1.90. The molecule has 0 aliphatic carbocycles. The molecule has 0 aromatic carbocycles. The zero-order chi connectivity index (χ0) is 12.0. The van der Waals surface area contributed by atoms with E-state index in [2.05, 4.69) is 10.3 Å². The van der Waals surface area contributed by atoms with Crippen LogP contribution in [0.5, 0.6) is 0 Å². The summed E-state index contributed by atoms with van der Waals surface area (Å²) in [6.07, 6.45) is 3.01. The van der Waals surface area contributed by atoms with Crippen LogP contribution in [0, 0.1) is 0 Å². The minimum Gasteiger partial charge on any atom is -0.395 e. The first-order valence-corrected chi connectivity index (χ1v) is 4.72. The predicted octanol–water partition coefficient (Wildman–Crippen LogP) is -0.529. The lowest BCUT2D eigenvalue weighted by atomic mass is 10.4. The van der Waals surface area contributed by atoms with Crippen molar-refractivity contribution in [3.8, 4) is 0 Å². The molecule has 6 nitrogen and oxygen atoms in total. The molecule has 0 saturated heterocycles. The Bertz CT molecular complexity index is 367. The third kappa shape index (κ3) is 3.32. The van der Waals surface area contributed by atoms with Gasteiger partial charge in [-0.05, 0) is 12.1 Å². The summed E-state index contributed by atoms with van der Waals surface area (Å²) in [5.41, 5.74) is 0.457. The molecule has 0 aliphatic heterocycles. The zero-order valence-electron chi connectivity index (χ0n) is 8.88. The highest BCUT2D eigenvalue weighted by atomic mass is 16.3. The molecule has 0 saturated carbocycles. The van der Waals surface area contributed by atoms with Gasteiger partial charge in [-0.15, -0.1) is 0 Å². The molecule has 2 N–H and O–H groups in total. The molecular formula is C10H13N3O3. The van der Waals surface area contributed by atoms with Crippen molar-refractivity contribution in [2.45, 2.75) is 0 Å². The molecule has 1 heterocycles. The smallest absolute Gasteiger partial charge is 0.313 e. The fraction of sp³-hybridized carbons (Fsp3) is 0.300. The van der Waals surface area contributed by atoms with E-state index in [1.54, 1.807) is 18.3 Å². The van der Waals surface area contributed by atoms with Gasteiger partial charge in [-0.1, -0.05) is 0 Å². The number of pyridine rings is 1. The van der Waals surface area contributed by atoms with Crippen LogP contribution >= 0.6 is 0 Å². The maximum atomic E-state index is 11.4. The summed E-state index contributed by atoms with van der Waals surface area (Å²) in [4.78, 5) is 27.8. The summed E-state index contributed by atoms with van der Waals surface area (Å²) in [7, 11) is 1.45. The Hall–Kier alpha value is -1.95. The second-order valence-corrected chi connectivity index (χ2v) is 3.15. The van der Waals surface area contributed by atoms with Gasteiger partial charge in [-0.25, -0.2) is 0 Å². The number of rotatable bonds is 3. The monoisotopic (exact) mass is 223 g/mol. The van der Waals surface area contributed by atoms with Crippen LogP contribution in [0.4, 0.5) is 5.69 Å². The predicted molar refractivity (Wildman–Crippen MR) is 57.6 cm³/mol. The van der Waals surface area contributed by atoms with Crippen molar-refractivity contribution in [1.29, 1.82) is 0 Å². The van der Waals surface area contributed by atoms with Crippen LogP contribution in [0.2, 0.25) is 0 Å². The summed E-state index contributed by atoms with van der Waals surface area (Å²) >= 11 is 0. The fourth-order valence-electron chi connectivity index (χ4n) is 1.05. The zero-order valence-corrected chi connectivity index (χ0v) is 8.88. The second kappa shape index (κ2) is 5.82. The first-order chi connectivity index (χ1) is 7.65. The molecule has 1 aromatic rings. The Morgan fingerprint density at radius 2 is 2.31 bits per heavy atom. The van der Waals surface area contributed by atoms with Crippen molar-refractivity contribution < 1.29 is 14.7 Å². The molecule has 0 fully saturated rings. The van der Waals surface area contributed by atoms with E-state index in [-0.39, 0.29) is 13.2 Å². The van der Waals surface area contributed by atoms with Gasteiger partial charge in [0.05, 0.1) is 18.5 Å². The molecule has 1 aromatic heterocycles. The van der Waals surface area contributed by atoms with Crippen molar-refractivity contribution in [1.82, 2.24) is 9.88 Å². The number of aliphatic hydroxyl groups excluding tert-OH is 1. The van der Waals surface area contributed by atoms with Crippen molar-refractivity contribution >= 4 is 17.5 Å². The van der Waals surface area contributed by atoms with Gasteiger partial charge in [0.2, 0.25) is 0 Å². The van der Waals surface area contributed by atoms with Crippen LogP contribution < -0.4 is 5.32 Å². The van der Waals surface area contributed by atoms with Crippen LogP contribution in [0.1, 0.15) is 0 Å². The molecule has 86 valence electrons. The van der Waals surface area contributed by atoms with Gasteiger partial charge in [0.25, 0.3) is 0 Å². The average molecular weight is 223 g/mol. The van der Waals surface area contributed by atoms with E-state index in [4.69, 9.17) is 5.11 Å². The van der Waals surface area contributed by atoms with E-state index in [9.17, 15) is 9.59 Å². The minimum absolute atomic E-state index is 0.124. The summed E-state index contributed by atoms with van der Waals surface area (Å²) in [5, 5.41) is 11.0. The first kappa shape index (κ1) is 12.1. The van der Waals surface area contributed by atoms with Crippen LogP contribution in [0.25, 0.3) is 0 Å². The minimum atomic E-state index is -0.746. The van der Waals surface area contributed by atoms with Crippen LogP contribution in [-0.4, -0.2) is 47.0 Å². The summed E-state index contributed by atoms with van der Waals surface area (Å²) in [6, 6.07) is 3.28. The molecule has 0 aliphatic rings. The maximum absolute atomic E-state index is 11.4. The molecular weight excluding hydrogens is 210 g/mol. The number of amides is 2. The van der Waals surface area contributed by atoms with Gasteiger partial charge in [0.15, 0.2) is 0 Å². The fourth-order valence-corrected chi connectivity index (χ4v) is 1.05. The largest absolute Gasteiger partial charge is 0.395 e. The van der Waals surface area contributed by atoms with Gasteiger partial charge in [0, 0.05) is 19.8 Å². The summed E-state index contributed by atoms with van der Waals surface area (Å²) in [6.45, 7) is -0.0539. The number of nitrogens with zero attached hydrogens (tertiary/aromatic N) is 2. The molecule has 0 spiro atoms. The lowest BCUT2D eigenvalue weighted by molar-refractivity contribution is -0.142. The molecule has 2 amide bonds. The molecule has 6 heteroatoms. The van der Waals surface area contributed by atoms with Crippen LogP contribution in [0.15, 0.2) is 24.5 Å². The topological polar surface area (TPSA) is 82.5 Å². The van der Waals surface area contributed by atoms with E-state index in [1.165, 1.54) is 13.2 Å². The van der Waals surface area contributed by atoms with Crippen LogP contribution in [-0.2, 0) is 9.59 Å². The Morgan fingerprint density at radius 1 is 1.56 bits per heavy atom. The lowest BCUT2D eigenvalue weighted by Crippen LogP contribution is -2.38. The van der Waals surface area contributed by atoms with E-state index in [1.807, 2.05) is 0 Å². The first-order valence-electron chi connectivity index (χ1n) is 4.72. The molecule has 0 unspecified atom stereocenters. The number of anilines is 1. The number of aliphatic hydroxyl groups is 1. The maximum Gasteiger partial charge on any atom is 0.313 e. The van der Waals surface area contributed by atoms with E-state index >= 15 is 0 Å². The van der Waals surface area contributed by atoms with E-state index < -0.39 is 11.8 Å². The van der Waals surface area contributed by atoms with Crippen molar-refractivity contribution in [3.63, 3.8) is 0 Å². The van der Waals surface area contributed by atoms with Gasteiger partial charge in [-0.3, -0.25) is 14.6 Å². The Morgan fingerprint density at radius 3 is 2.88 bits per heavy atom. The third-order valence-electron chi connectivity index (χ3n) is 1.90. The highest BCUT2D eigenvalue weighted by Gasteiger charge is 2.17. The van der Waals surface area contributed by atoms with Crippen molar-refractivity contribution in [2.75, 3.05) is 25.5 Å². The number of nitrogens with one attached hydrogen (secondary N) is 1. The number of carbonyl (C=O) groups excluding carboxylic acids is 2. The number of hydrogen-bond acceptors (Lipinski definition) is 4. The standard InChI is InChI=1S/C10H13N3O3/c1-13(5-6-14)10(16)9(15)12-8-3-2-4-11-7-8/h2-4,7,14H,5-6H2,1H3,(H,12,15). The molecule has 0 bridgehead atoms. The molecule has 16 heavy (non-hydrogen) atoms. The van der Waals surface area contributed by atoms with Crippen molar-refractivity contribution in [3.05, 3.63) is 24.5 Å². The Balaban J connectivity index is 2.56. The van der Waals surface area contributed by atoms with Crippen molar-refractivity contribution in [2.24, 2.45) is 0 Å². The van der Waals surface area contributed by atoms with Gasteiger partial charge < -0.3 is 15.3 Å². The van der Waals surface area contributed by atoms with E-state index in [0.717, 1.165) is 4.90 Å². The second-order valence-electron chi connectivity index (χ2n) is 3.15. The number of aromatic nitrogens is 1. The normalized spacial score (nSPS) is 9.62. The Labute approximate surface area is 92.9 Å². The SMILES string of the molecule is CN(CCO)C(=O)C(=O)Nc1cccnc1. The quantitative estimate of drug-likeness (QED) is 0.675. The van der Waals surface area contributed by atoms with Gasteiger partial charge in [0.1, 0.15) is 0 Å². The summed E-state index contributed by atoms with van der Waals surface area (Å²) < 4.78 is 0. The summed E-state index contributed by atoms with van der Waals surface area (Å²) in [5.74, 6) is -1.44. The lowest BCUT2D eigenvalue weighted by Gasteiger charge is -2.14. The molecule has 1 rings (SSSR count). The number of carbonyl (C=O) groups is 2. The van der Waals surface area contributed by atoms with Gasteiger partial charge in [-0.2, -0.15) is 0 Å². The average Bonchev–Trinajstić information content (AvgIpc) is 2.29. The Kier molecular flexibility index (Phi) is 4.41. The number of hydrogen-bond donors (Lipinski definition) is 2. The molecule has 0 atom stereocenters. The van der Waals surface area contributed by atoms with Crippen LogP contribution in [0.3, 0.4) is 0 Å². The highest BCUT2D eigenvalue weighted by Crippen LogP contribution is 2.02. The number of likely N-dealkylation sites (N-methyl/N-ethyl adjacent to an activating group) is 1. The van der Waals surface area contributed by atoms with E-state index in [0.29, 0.717) is 5.69 Å². The molecule has 0 radical (unpaired) electrons.